The fourth-order valence-electron chi connectivity index (χ4n) is 1.66. The predicted octanol–water partition coefficient (Wildman–Crippen LogP) is 4.63. The van der Waals surface area contributed by atoms with E-state index in [2.05, 4.69) is 26.6 Å². The average molecular weight is 396 g/mol. The molecule has 112 valence electrons. The Bertz CT molecular complexity index is 734. The fourth-order valence-corrected chi connectivity index (χ4v) is 2.47. The highest BCUT2D eigenvalue weighted by atomic mass is 79.9. The largest absolute Gasteiger partial charge is 0.332 e. The molecule has 0 aliphatic heterocycles. The standard InChI is InChI=1S/C16H12BrClN2OS/c17-12-5-3-6-13(10-12)19-16(22)20-15(21)9-8-11-4-1-2-7-14(11)18/h1-10H,(H2,19,20,21,22)/b9-8+. The van der Waals surface area contributed by atoms with Crippen LogP contribution in [0.5, 0.6) is 0 Å². The molecule has 6 heteroatoms. The molecule has 2 rings (SSSR count). The molecular weight excluding hydrogens is 384 g/mol. The van der Waals surface area contributed by atoms with Crippen molar-refractivity contribution in [3.8, 4) is 0 Å². The van der Waals surface area contributed by atoms with Crippen molar-refractivity contribution in [2.45, 2.75) is 0 Å². The number of benzene rings is 2. The van der Waals surface area contributed by atoms with Crippen LogP contribution in [0.3, 0.4) is 0 Å². The van der Waals surface area contributed by atoms with Crippen LogP contribution in [-0.2, 0) is 4.79 Å². The van der Waals surface area contributed by atoms with Crippen LogP contribution in [0.1, 0.15) is 5.56 Å². The van der Waals surface area contributed by atoms with Gasteiger partial charge in [-0.05, 0) is 48.1 Å². The lowest BCUT2D eigenvalue weighted by Gasteiger charge is -2.08. The van der Waals surface area contributed by atoms with Crippen molar-refractivity contribution in [3.05, 3.63) is 69.7 Å². The van der Waals surface area contributed by atoms with Gasteiger partial charge in [0.2, 0.25) is 5.91 Å². The summed E-state index contributed by atoms with van der Waals surface area (Å²) in [6, 6.07) is 14.7. The van der Waals surface area contributed by atoms with Gasteiger partial charge in [-0.25, -0.2) is 0 Å². The van der Waals surface area contributed by atoms with Crippen molar-refractivity contribution in [2.24, 2.45) is 0 Å². The number of halogens is 2. The second-order valence-electron chi connectivity index (χ2n) is 4.31. The van der Waals surface area contributed by atoms with Gasteiger partial charge in [-0.2, -0.15) is 0 Å². The van der Waals surface area contributed by atoms with E-state index >= 15 is 0 Å². The van der Waals surface area contributed by atoms with Crippen LogP contribution in [0.2, 0.25) is 5.02 Å². The topological polar surface area (TPSA) is 41.1 Å². The summed E-state index contributed by atoms with van der Waals surface area (Å²) < 4.78 is 0.922. The van der Waals surface area contributed by atoms with Gasteiger partial charge in [0, 0.05) is 21.3 Å². The molecule has 0 fully saturated rings. The summed E-state index contributed by atoms with van der Waals surface area (Å²) >= 11 is 14.5. The number of nitrogens with one attached hydrogen (secondary N) is 2. The van der Waals surface area contributed by atoms with Crippen LogP contribution >= 0.6 is 39.7 Å². The van der Waals surface area contributed by atoms with Crippen molar-refractivity contribution in [2.75, 3.05) is 5.32 Å². The first-order chi connectivity index (χ1) is 10.5. The number of amides is 1. The highest BCUT2D eigenvalue weighted by Gasteiger charge is 2.02. The molecule has 0 aliphatic carbocycles. The number of hydrogen-bond donors (Lipinski definition) is 2. The van der Waals surface area contributed by atoms with E-state index in [4.69, 9.17) is 23.8 Å². The first-order valence-electron chi connectivity index (χ1n) is 6.35. The first kappa shape index (κ1) is 16.7. The maximum Gasteiger partial charge on any atom is 0.250 e. The lowest BCUT2D eigenvalue weighted by Crippen LogP contribution is -2.32. The van der Waals surface area contributed by atoms with Crippen molar-refractivity contribution < 1.29 is 4.79 Å². The van der Waals surface area contributed by atoms with E-state index < -0.39 is 0 Å². The molecule has 0 atom stereocenters. The van der Waals surface area contributed by atoms with E-state index in [-0.39, 0.29) is 11.0 Å². The van der Waals surface area contributed by atoms with E-state index in [0.29, 0.717) is 5.02 Å². The SMILES string of the molecule is O=C(/C=C/c1ccccc1Cl)NC(=S)Nc1cccc(Br)c1. The molecule has 2 aromatic rings. The Morgan fingerprint density at radius 1 is 1.18 bits per heavy atom. The van der Waals surface area contributed by atoms with Crippen LogP contribution in [0.15, 0.2) is 59.1 Å². The van der Waals surface area contributed by atoms with Gasteiger partial charge in [0.05, 0.1) is 0 Å². The monoisotopic (exact) mass is 394 g/mol. The third kappa shape index (κ3) is 5.26. The molecule has 0 saturated carbocycles. The Morgan fingerprint density at radius 2 is 1.95 bits per heavy atom. The maximum atomic E-state index is 11.8. The zero-order valence-electron chi connectivity index (χ0n) is 11.3. The molecule has 0 heterocycles. The second kappa shape index (κ2) is 8.08. The molecule has 2 aromatic carbocycles. The second-order valence-corrected chi connectivity index (χ2v) is 6.04. The molecule has 0 spiro atoms. The van der Waals surface area contributed by atoms with Crippen LogP contribution in [0.4, 0.5) is 5.69 Å². The highest BCUT2D eigenvalue weighted by Crippen LogP contribution is 2.16. The van der Waals surface area contributed by atoms with Crippen LogP contribution in [0.25, 0.3) is 6.08 Å². The van der Waals surface area contributed by atoms with Crippen LogP contribution in [0, 0.1) is 0 Å². The fraction of sp³-hybridized carbons (Fsp3) is 0. The van der Waals surface area contributed by atoms with Crippen LogP contribution < -0.4 is 10.6 Å². The quantitative estimate of drug-likeness (QED) is 0.588. The van der Waals surface area contributed by atoms with E-state index in [0.717, 1.165) is 15.7 Å². The maximum absolute atomic E-state index is 11.8. The Kier molecular flexibility index (Phi) is 6.12. The van der Waals surface area contributed by atoms with E-state index in [1.54, 1.807) is 12.1 Å². The summed E-state index contributed by atoms with van der Waals surface area (Å²) in [7, 11) is 0. The van der Waals surface area contributed by atoms with Gasteiger partial charge < -0.3 is 5.32 Å². The van der Waals surface area contributed by atoms with Gasteiger partial charge in [0.1, 0.15) is 0 Å². The van der Waals surface area contributed by atoms with Crippen molar-refractivity contribution in [1.82, 2.24) is 5.32 Å². The van der Waals surface area contributed by atoms with Gasteiger partial charge in [0.15, 0.2) is 5.11 Å². The number of hydrogen-bond acceptors (Lipinski definition) is 2. The van der Waals surface area contributed by atoms with Crippen molar-refractivity contribution in [1.29, 1.82) is 0 Å². The molecule has 0 unspecified atom stereocenters. The minimum absolute atomic E-state index is 0.229. The first-order valence-corrected chi connectivity index (χ1v) is 7.92. The molecule has 2 N–H and O–H groups in total. The van der Waals surface area contributed by atoms with E-state index in [1.807, 2.05) is 42.5 Å². The summed E-state index contributed by atoms with van der Waals surface area (Å²) in [6.07, 6.45) is 3.02. The molecule has 22 heavy (non-hydrogen) atoms. The summed E-state index contributed by atoms with van der Waals surface area (Å²) in [5.74, 6) is -0.326. The van der Waals surface area contributed by atoms with Crippen molar-refractivity contribution >= 4 is 62.5 Å². The minimum atomic E-state index is -0.326. The summed E-state index contributed by atoms with van der Waals surface area (Å²) in [6.45, 7) is 0. The zero-order chi connectivity index (χ0) is 15.9. The molecule has 0 bridgehead atoms. The van der Waals surface area contributed by atoms with Gasteiger partial charge >= 0.3 is 0 Å². The number of rotatable bonds is 3. The highest BCUT2D eigenvalue weighted by molar-refractivity contribution is 9.10. The molecule has 1 amide bonds. The molecular formula is C16H12BrClN2OS. The summed E-state index contributed by atoms with van der Waals surface area (Å²) in [5.41, 5.74) is 1.56. The molecule has 0 aromatic heterocycles. The van der Waals surface area contributed by atoms with Gasteiger partial charge in [-0.1, -0.05) is 51.8 Å². The van der Waals surface area contributed by atoms with Gasteiger partial charge in [0.25, 0.3) is 0 Å². The number of carbonyl (C=O) groups is 1. The number of thiocarbonyl (C=S) groups is 1. The van der Waals surface area contributed by atoms with E-state index in [1.165, 1.54) is 6.08 Å². The number of anilines is 1. The normalized spacial score (nSPS) is 10.5. The molecule has 0 aliphatic rings. The predicted molar refractivity (Wildman–Crippen MR) is 99.0 cm³/mol. The Hall–Kier alpha value is -1.69. The third-order valence-electron chi connectivity index (χ3n) is 2.64. The Labute approximate surface area is 147 Å². The molecule has 0 radical (unpaired) electrons. The minimum Gasteiger partial charge on any atom is -0.332 e. The van der Waals surface area contributed by atoms with Crippen molar-refractivity contribution in [3.63, 3.8) is 0 Å². The number of carbonyl (C=O) groups excluding carboxylic acids is 1. The van der Waals surface area contributed by atoms with Gasteiger partial charge in [-0.15, -0.1) is 0 Å². The molecule has 0 saturated heterocycles. The smallest absolute Gasteiger partial charge is 0.250 e. The Morgan fingerprint density at radius 3 is 2.68 bits per heavy atom. The Balaban J connectivity index is 1.92. The summed E-state index contributed by atoms with van der Waals surface area (Å²) in [4.78, 5) is 11.8. The average Bonchev–Trinajstić information content (AvgIpc) is 2.46. The lowest BCUT2D eigenvalue weighted by molar-refractivity contribution is -0.115. The summed E-state index contributed by atoms with van der Waals surface area (Å²) in [5, 5.41) is 6.32. The van der Waals surface area contributed by atoms with Crippen LogP contribution in [-0.4, -0.2) is 11.0 Å². The lowest BCUT2D eigenvalue weighted by atomic mass is 10.2. The van der Waals surface area contributed by atoms with E-state index in [9.17, 15) is 4.79 Å². The molecule has 3 nitrogen and oxygen atoms in total. The third-order valence-corrected chi connectivity index (χ3v) is 3.68. The van der Waals surface area contributed by atoms with Gasteiger partial charge in [-0.3, -0.25) is 10.1 Å². The zero-order valence-corrected chi connectivity index (χ0v) is 14.5.